The number of phenolic OH excluding ortho intramolecular Hbond substituents is 6. The molecule has 4 fully saturated rings. The molecule has 0 saturated heterocycles. The van der Waals surface area contributed by atoms with Gasteiger partial charge in [-0.3, -0.25) is 0 Å². The smallest absolute Gasteiger partial charge is 0.200 e. The molecule has 6 rings (SSSR count). The van der Waals surface area contributed by atoms with Crippen molar-refractivity contribution < 1.29 is 30.6 Å². The van der Waals surface area contributed by atoms with Gasteiger partial charge >= 0.3 is 0 Å². The highest BCUT2D eigenvalue weighted by molar-refractivity contribution is 5.56. The monoisotopic (exact) mass is 384 g/mol. The summed E-state index contributed by atoms with van der Waals surface area (Å²) in [4.78, 5) is 0. The van der Waals surface area contributed by atoms with Gasteiger partial charge in [-0.05, 0) is 96.6 Å². The SMILES string of the molecule is Oc1cc(C23CC4CC(C2)CC(c2cc(O)c(O)c(O)c2)(C4)C3)cc(O)c1O. The summed E-state index contributed by atoms with van der Waals surface area (Å²) < 4.78 is 0. The molecule has 4 saturated carbocycles. The second-order valence-electron chi connectivity index (χ2n) is 9.25. The van der Waals surface area contributed by atoms with Crippen molar-refractivity contribution in [3.05, 3.63) is 35.4 Å². The van der Waals surface area contributed by atoms with Gasteiger partial charge in [0.15, 0.2) is 34.5 Å². The van der Waals surface area contributed by atoms with Crippen molar-refractivity contribution in [3.8, 4) is 34.5 Å². The van der Waals surface area contributed by atoms with Crippen molar-refractivity contribution in [1.29, 1.82) is 0 Å². The number of benzene rings is 2. The number of hydrogen-bond donors (Lipinski definition) is 6. The molecule has 0 heterocycles. The average Bonchev–Trinajstić information content (AvgIpc) is 2.62. The third-order valence-electron chi connectivity index (χ3n) is 7.43. The Morgan fingerprint density at radius 3 is 1.21 bits per heavy atom. The van der Waals surface area contributed by atoms with Gasteiger partial charge in [-0.2, -0.15) is 0 Å². The van der Waals surface area contributed by atoms with Gasteiger partial charge in [-0.1, -0.05) is 0 Å². The van der Waals surface area contributed by atoms with Gasteiger partial charge in [-0.15, -0.1) is 0 Å². The predicted octanol–water partition coefficient (Wildman–Crippen LogP) is 3.71. The summed E-state index contributed by atoms with van der Waals surface area (Å²) in [6.45, 7) is 0. The predicted molar refractivity (Wildman–Crippen MR) is 101 cm³/mol. The van der Waals surface area contributed by atoms with Gasteiger partial charge in [0.05, 0.1) is 0 Å². The molecule has 6 heteroatoms. The van der Waals surface area contributed by atoms with E-state index in [9.17, 15) is 30.6 Å². The van der Waals surface area contributed by atoms with E-state index in [2.05, 4.69) is 0 Å². The molecule has 148 valence electrons. The molecule has 4 bridgehead atoms. The van der Waals surface area contributed by atoms with Crippen LogP contribution in [0.1, 0.15) is 49.7 Å². The lowest BCUT2D eigenvalue weighted by Crippen LogP contribution is -2.55. The first kappa shape index (κ1) is 17.3. The lowest BCUT2D eigenvalue weighted by Gasteiger charge is -2.62. The molecular formula is C22H24O6. The van der Waals surface area contributed by atoms with Gasteiger partial charge in [0, 0.05) is 0 Å². The second-order valence-corrected chi connectivity index (χ2v) is 9.25. The molecular weight excluding hydrogens is 360 g/mol. The van der Waals surface area contributed by atoms with Crippen molar-refractivity contribution in [1.82, 2.24) is 0 Å². The molecule has 0 spiro atoms. The van der Waals surface area contributed by atoms with Gasteiger partial charge in [0.2, 0.25) is 0 Å². The van der Waals surface area contributed by atoms with E-state index in [1.54, 1.807) is 24.3 Å². The highest BCUT2D eigenvalue weighted by Gasteiger charge is 2.59. The molecule has 0 amide bonds. The second kappa shape index (κ2) is 5.40. The van der Waals surface area contributed by atoms with Gasteiger partial charge in [0.25, 0.3) is 0 Å². The molecule has 4 aliphatic rings. The van der Waals surface area contributed by atoms with Crippen LogP contribution in [0.2, 0.25) is 0 Å². The molecule has 0 aromatic heterocycles. The van der Waals surface area contributed by atoms with Crippen molar-refractivity contribution in [2.24, 2.45) is 11.8 Å². The molecule has 4 aliphatic carbocycles. The number of rotatable bonds is 2. The molecule has 2 aromatic rings. The first-order valence-electron chi connectivity index (χ1n) is 9.72. The summed E-state index contributed by atoms with van der Waals surface area (Å²) in [5.41, 5.74) is 1.17. The summed E-state index contributed by atoms with van der Waals surface area (Å²) >= 11 is 0. The molecule has 2 aromatic carbocycles. The van der Waals surface area contributed by atoms with Crippen molar-refractivity contribution in [2.45, 2.75) is 49.4 Å². The number of phenols is 6. The summed E-state index contributed by atoms with van der Waals surface area (Å²) in [6.07, 6.45) is 5.70. The quantitative estimate of drug-likeness (QED) is 0.439. The minimum Gasteiger partial charge on any atom is -0.504 e. The Morgan fingerprint density at radius 2 is 0.893 bits per heavy atom. The van der Waals surface area contributed by atoms with E-state index < -0.39 is 11.5 Å². The van der Waals surface area contributed by atoms with E-state index in [4.69, 9.17) is 0 Å². The van der Waals surface area contributed by atoms with Crippen LogP contribution < -0.4 is 0 Å². The van der Waals surface area contributed by atoms with E-state index in [1.807, 2.05) is 0 Å². The minimum atomic E-state index is -0.503. The van der Waals surface area contributed by atoms with Crippen LogP contribution in [0, 0.1) is 11.8 Å². The van der Waals surface area contributed by atoms with Crippen LogP contribution in [0.3, 0.4) is 0 Å². The lowest BCUT2D eigenvalue weighted by atomic mass is 9.41. The summed E-state index contributed by atoms with van der Waals surface area (Å²) in [5, 5.41) is 59.8. The standard InChI is InChI=1S/C22H24O6/c23-15-2-13(3-16(24)19(15)27)21-6-11-1-12(7-21)9-22(8-11,10-21)14-4-17(25)20(28)18(26)5-14/h2-5,11-12,23-28H,1,6-10H2. The number of aromatic hydroxyl groups is 6. The molecule has 0 radical (unpaired) electrons. The van der Waals surface area contributed by atoms with E-state index >= 15 is 0 Å². The Hall–Kier alpha value is -2.76. The van der Waals surface area contributed by atoms with Crippen LogP contribution in [-0.4, -0.2) is 30.6 Å². The van der Waals surface area contributed by atoms with Crippen molar-refractivity contribution in [3.63, 3.8) is 0 Å². The van der Waals surface area contributed by atoms with Crippen LogP contribution >= 0.6 is 0 Å². The van der Waals surface area contributed by atoms with Crippen LogP contribution in [0.5, 0.6) is 34.5 Å². The summed E-state index contributed by atoms with van der Waals surface area (Å²) in [6, 6.07) is 6.23. The Labute approximate surface area is 162 Å². The van der Waals surface area contributed by atoms with Gasteiger partial charge in [-0.25, -0.2) is 0 Å². The zero-order valence-electron chi connectivity index (χ0n) is 15.4. The zero-order valence-corrected chi connectivity index (χ0v) is 15.4. The minimum absolute atomic E-state index is 0.240. The summed E-state index contributed by atoms with van der Waals surface area (Å²) in [7, 11) is 0. The molecule has 0 atom stereocenters. The third kappa shape index (κ3) is 2.26. The highest BCUT2D eigenvalue weighted by atomic mass is 16.3. The van der Waals surface area contributed by atoms with E-state index in [0.717, 1.165) is 49.7 Å². The van der Waals surface area contributed by atoms with E-state index in [1.165, 1.54) is 0 Å². The van der Waals surface area contributed by atoms with Gasteiger partial charge in [0.1, 0.15) is 0 Å². The van der Waals surface area contributed by atoms with Crippen LogP contribution in [0.4, 0.5) is 0 Å². The largest absolute Gasteiger partial charge is 0.504 e. The maximum Gasteiger partial charge on any atom is 0.200 e. The van der Waals surface area contributed by atoms with E-state index in [0.29, 0.717) is 11.8 Å². The average molecular weight is 384 g/mol. The maximum absolute atomic E-state index is 10.1. The first-order chi connectivity index (χ1) is 13.2. The Balaban J connectivity index is 1.64. The maximum atomic E-state index is 10.1. The highest BCUT2D eigenvalue weighted by Crippen LogP contribution is 2.67. The van der Waals surface area contributed by atoms with Crippen molar-refractivity contribution >= 4 is 0 Å². The lowest BCUT2D eigenvalue weighted by molar-refractivity contribution is -0.0284. The Bertz CT molecular complexity index is 845. The first-order valence-corrected chi connectivity index (χ1v) is 9.72. The van der Waals surface area contributed by atoms with Gasteiger partial charge < -0.3 is 30.6 Å². The number of hydrogen-bond acceptors (Lipinski definition) is 6. The topological polar surface area (TPSA) is 121 Å². The van der Waals surface area contributed by atoms with Crippen LogP contribution in [-0.2, 0) is 10.8 Å². The van der Waals surface area contributed by atoms with E-state index in [-0.39, 0.29) is 33.8 Å². The molecule has 28 heavy (non-hydrogen) atoms. The van der Waals surface area contributed by atoms with Crippen LogP contribution in [0.15, 0.2) is 24.3 Å². The fourth-order valence-corrected chi connectivity index (χ4v) is 6.76. The molecule has 6 N–H and O–H groups in total. The Morgan fingerprint density at radius 1 is 0.571 bits per heavy atom. The third-order valence-corrected chi connectivity index (χ3v) is 7.43. The fraction of sp³-hybridized carbons (Fsp3) is 0.455. The fourth-order valence-electron chi connectivity index (χ4n) is 6.76. The summed E-state index contributed by atoms with van der Waals surface area (Å²) in [5.74, 6) is -1.35. The molecule has 6 nitrogen and oxygen atoms in total. The Kier molecular flexibility index (Phi) is 3.35. The molecule has 0 aliphatic heterocycles. The molecule has 0 unspecified atom stereocenters. The van der Waals surface area contributed by atoms with Crippen molar-refractivity contribution in [2.75, 3.05) is 0 Å². The van der Waals surface area contributed by atoms with Crippen LogP contribution in [0.25, 0.3) is 0 Å². The zero-order chi connectivity index (χ0) is 19.8. The normalized spacial score (nSPS) is 33.3.